The standard InChI is InChI=1S/C58H72Cl4N2O14S4/c1-63-39-53(51-34-45(59)36-57(61)55(51)41-63)43-10-3-12-47(32-43)79(65,66)28-6-16-73-20-24-77-26-22-75-18-8-30-81(69,70)49-14-5-15-50(38-49)82(71,72)31-9-19-76-23-27-78-25-21-74-17-7-29-80(67,68)48-13-4-11-44(33-48)54-40-64(2)42-56-52(54)35-46(60)37-58(56)62/h3-5,10-15,32-38,53-54H,6-9,16-31,39-42H2,1-2H3. The van der Waals surface area contributed by atoms with Crippen molar-refractivity contribution in [2.75, 3.05) is 129 Å². The molecule has 0 saturated heterocycles. The van der Waals surface area contributed by atoms with Crippen molar-refractivity contribution in [3.8, 4) is 0 Å². The Labute approximate surface area is 504 Å². The lowest BCUT2D eigenvalue weighted by Crippen LogP contribution is -2.31. The Kier molecular flexibility index (Phi) is 25.4. The van der Waals surface area contributed by atoms with Crippen LogP contribution in [0.4, 0.5) is 0 Å². The van der Waals surface area contributed by atoms with Gasteiger partial charge in [0, 0.05) is 84.5 Å². The third kappa shape index (κ3) is 19.4. The lowest BCUT2D eigenvalue weighted by atomic mass is 9.85. The molecule has 5 aromatic rings. The van der Waals surface area contributed by atoms with Crippen LogP contribution in [0.3, 0.4) is 0 Å². The first kappa shape index (κ1) is 66.3. The molecule has 0 bridgehead atoms. The number of rotatable bonds is 34. The third-order valence-electron chi connectivity index (χ3n) is 14.0. The summed E-state index contributed by atoms with van der Waals surface area (Å²) < 4.78 is 139. The van der Waals surface area contributed by atoms with E-state index in [2.05, 4.69) is 9.80 Å². The molecule has 24 heteroatoms. The quantitative estimate of drug-likeness (QED) is 0.0352. The highest BCUT2D eigenvalue weighted by Gasteiger charge is 2.30. The zero-order valence-electron chi connectivity index (χ0n) is 46.1. The molecule has 5 aromatic carbocycles. The molecule has 2 aliphatic heterocycles. The molecule has 2 atom stereocenters. The van der Waals surface area contributed by atoms with Gasteiger partial charge in [-0.25, -0.2) is 33.7 Å². The zero-order valence-corrected chi connectivity index (χ0v) is 52.4. The Balaban J connectivity index is 0.685. The molecule has 0 fully saturated rings. The van der Waals surface area contributed by atoms with Gasteiger partial charge >= 0.3 is 0 Å². The van der Waals surface area contributed by atoms with Crippen molar-refractivity contribution in [2.45, 2.75) is 70.2 Å². The average Bonchev–Trinajstić information content (AvgIpc) is 3.58. The largest absolute Gasteiger partial charge is 0.379 e. The van der Waals surface area contributed by atoms with Gasteiger partial charge in [-0.05, 0) is 140 Å². The molecule has 0 saturated carbocycles. The maximum atomic E-state index is 13.3. The van der Waals surface area contributed by atoms with Gasteiger partial charge < -0.3 is 38.2 Å². The number of hydrogen-bond acceptors (Lipinski definition) is 16. The minimum Gasteiger partial charge on any atom is -0.379 e. The molecular weight excluding hydrogens is 1220 g/mol. The second-order valence-corrected chi connectivity index (χ2v) is 30.5. The summed E-state index contributed by atoms with van der Waals surface area (Å²) in [5, 5.41) is 2.27. The van der Waals surface area contributed by atoms with E-state index in [-0.39, 0.29) is 147 Å². The van der Waals surface area contributed by atoms with Crippen LogP contribution >= 0.6 is 46.4 Å². The van der Waals surface area contributed by atoms with Gasteiger partial charge in [0.25, 0.3) is 0 Å². The van der Waals surface area contributed by atoms with Crippen LogP contribution in [-0.4, -0.2) is 173 Å². The summed E-state index contributed by atoms with van der Waals surface area (Å²) in [7, 11) is -10.7. The van der Waals surface area contributed by atoms with Gasteiger partial charge in [-0.1, -0.05) is 76.7 Å². The van der Waals surface area contributed by atoms with Gasteiger partial charge in [0.05, 0.1) is 95.4 Å². The summed E-state index contributed by atoms with van der Waals surface area (Å²) in [6.45, 7) is 5.50. The number of nitrogens with zero attached hydrogens (tertiary/aromatic N) is 2. The topological polar surface area (TPSA) is 198 Å². The van der Waals surface area contributed by atoms with Gasteiger partial charge in [-0.15, -0.1) is 0 Å². The molecule has 0 radical (unpaired) electrons. The first-order chi connectivity index (χ1) is 39.1. The fourth-order valence-electron chi connectivity index (χ4n) is 9.93. The molecule has 0 aliphatic carbocycles. The number of hydrogen-bond donors (Lipinski definition) is 0. The van der Waals surface area contributed by atoms with E-state index in [1.165, 1.54) is 24.3 Å². The minimum absolute atomic E-state index is 0.0777. The minimum atomic E-state index is -3.80. The zero-order chi connectivity index (χ0) is 58.9. The summed E-state index contributed by atoms with van der Waals surface area (Å²) in [4.78, 5) is 4.63. The lowest BCUT2D eigenvalue weighted by molar-refractivity contribution is 0.0149. The number of likely N-dealkylation sites (N-methyl/N-ethyl adjacent to an activating group) is 2. The Morgan fingerprint density at radius 2 is 0.671 bits per heavy atom. The monoisotopic (exact) mass is 1290 g/mol. The van der Waals surface area contributed by atoms with Gasteiger partial charge in [0.2, 0.25) is 0 Å². The molecule has 0 spiro atoms. The van der Waals surface area contributed by atoms with Crippen LogP contribution < -0.4 is 0 Å². The summed E-state index contributed by atoms with van der Waals surface area (Å²) in [5.74, 6) is -0.806. The maximum absolute atomic E-state index is 13.3. The predicted molar refractivity (Wildman–Crippen MR) is 320 cm³/mol. The van der Waals surface area contributed by atoms with Gasteiger partial charge in [-0.2, -0.15) is 0 Å². The Bertz CT molecular complexity index is 3170. The summed E-state index contributed by atoms with van der Waals surface area (Å²) in [6.07, 6.45) is 0.981. The van der Waals surface area contributed by atoms with Crippen molar-refractivity contribution in [3.05, 3.63) is 151 Å². The second kappa shape index (κ2) is 31.4. The van der Waals surface area contributed by atoms with E-state index >= 15 is 0 Å². The molecule has 0 amide bonds. The molecule has 2 aliphatic rings. The smallest absolute Gasteiger partial charge is 0.178 e. The fraction of sp³-hybridized carbons (Fsp3) is 0.483. The van der Waals surface area contributed by atoms with E-state index in [4.69, 9.17) is 74.8 Å². The van der Waals surface area contributed by atoms with E-state index in [0.29, 0.717) is 59.1 Å². The van der Waals surface area contributed by atoms with Crippen molar-refractivity contribution in [3.63, 3.8) is 0 Å². The number of halogens is 4. The van der Waals surface area contributed by atoms with Crippen molar-refractivity contribution >= 4 is 85.8 Å². The molecule has 0 N–H and O–H groups in total. The number of sulfone groups is 4. The third-order valence-corrected chi connectivity index (χ3v) is 22.3. The molecule has 0 aromatic heterocycles. The molecule has 82 heavy (non-hydrogen) atoms. The summed E-state index contributed by atoms with van der Waals surface area (Å²) in [5.41, 5.74) is 5.74. The van der Waals surface area contributed by atoms with Gasteiger partial charge in [0.1, 0.15) is 0 Å². The lowest BCUT2D eigenvalue weighted by Gasteiger charge is -2.33. The van der Waals surface area contributed by atoms with Crippen LogP contribution in [-0.2, 0) is 80.9 Å². The maximum Gasteiger partial charge on any atom is 0.178 e. The predicted octanol–water partition coefficient (Wildman–Crippen LogP) is 9.61. The van der Waals surface area contributed by atoms with Crippen molar-refractivity contribution in [1.82, 2.24) is 9.80 Å². The first-order valence-corrected chi connectivity index (χ1v) is 35.3. The molecule has 450 valence electrons. The second-order valence-electron chi connectivity index (χ2n) is 20.4. The Morgan fingerprint density at radius 1 is 0.390 bits per heavy atom. The van der Waals surface area contributed by atoms with Crippen LogP contribution in [0.25, 0.3) is 0 Å². The first-order valence-electron chi connectivity index (χ1n) is 27.1. The van der Waals surface area contributed by atoms with E-state index in [0.717, 1.165) is 33.4 Å². The summed E-state index contributed by atoms with van der Waals surface area (Å²) >= 11 is 25.8. The van der Waals surface area contributed by atoms with E-state index in [1.54, 1.807) is 48.5 Å². The molecule has 16 nitrogen and oxygen atoms in total. The molecule has 2 heterocycles. The van der Waals surface area contributed by atoms with E-state index in [1.807, 2.05) is 38.4 Å². The van der Waals surface area contributed by atoms with E-state index < -0.39 is 39.3 Å². The summed E-state index contributed by atoms with van der Waals surface area (Å²) in [6, 6.07) is 26.7. The van der Waals surface area contributed by atoms with Crippen LogP contribution in [0.2, 0.25) is 20.1 Å². The van der Waals surface area contributed by atoms with Gasteiger partial charge in [-0.3, -0.25) is 0 Å². The Hall–Kier alpha value is -3.26. The van der Waals surface area contributed by atoms with Crippen molar-refractivity contribution in [2.24, 2.45) is 0 Å². The van der Waals surface area contributed by atoms with Crippen LogP contribution in [0.5, 0.6) is 0 Å². The number of ether oxygens (including phenoxy) is 6. The molecule has 2 unspecified atom stereocenters. The SMILES string of the molecule is CN1Cc2c(Cl)cc(Cl)cc2C(c2cccc(S(=O)(=O)CCCOCCOCCOCCCS(=O)(=O)c3cccc(S(=O)(=O)CCCOCCOCCOCCCS(=O)(=O)c4cccc(C5CN(C)Cc6c(Cl)cc(Cl)cc65)c4)c3)c2)C1. The number of fused-ring (bicyclic) bond motifs is 2. The van der Waals surface area contributed by atoms with Crippen molar-refractivity contribution in [1.29, 1.82) is 0 Å². The Morgan fingerprint density at radius 3 is 0.988 bits per heavy atom. The molecule has 7 rings (SSSR count). The van der Waals surface area contributed by atoms with E-state index in [9.17, 15) is 33.7 Å². The highest BCUT2D eigenvalue weighted by atomic mass is 35.5. The van der Waals surface area contributed by atoms with Crippen LogP contribution in [0.15, 0.2) is 117 Å². The van der Waals surface area contributed by atoms with Crippen molar-refractivity contribution < 1.29 is 62.1 Å². The van der Waals surface area contributed by atoms with Crippen LogP contribution in [0.1, 0.15) is 70.9 Å². The highest BCUT2D eigenvalue weighted by molar-refractivity contribution is 7.92. The highest BCUT2D eigenvalue weighted by Crippen LogP contribution is 2.41. The average molecular weight is 1290 g/mol. The molecular formula is C58H72Cl4N2O14S4. The normalized spacial score (nSPS) is 16.3. The van der Waals surface area contributed by atoms with Crippen LogP contribution in [0, 0.1) is 0 Å². The number of benzene rings is 5. The van der Waals surface area contributed by atoms with Gasteiger partial charge in [0.15, 0.2) is 39.3 Å². The fourth-order valence-corrected chi connectivity index (χ4v) is 16.5.